The number of rotatable bonds is 4. The number of aromatic nitrogens is 4. The number of halogens is 3. The average molecular weight is 445 g/mol. The van der Waals surface area contributed by atoms with Crippen molar-refractivity contribution in [2.75, 3.05) is 31.3 Å². The zero-order chi connectivity index (χ0) is 23.2. The third kappa shape index (κ3) is 6.71. The van der Waals surface area contributed by atoms with Gasteiger partial charge in [0, 0.05) is 18.7 Å². The molecule has 8 nitrogen and oxygen atoms in total. The highest BCUT2D eigenvalue weighted by atomic mass is 19.4. The molecule has 1 aliphatic heterocycles. The van der Waals surface area contributed by atoms with E-state index in [9.17, 15) is 13.2 Å². The quantitative estimate of drug-likeness (QED) is 0.734. The molecule has 1 saturated carbocycles. The lowest BCUT2D eigenvalue weighted by molar-refractivity contribution is -0.137. The largest absolute Gasteiger partial charge is 0.489 e. The van der Waals surface area contributed by atoms with Gasteiger partial charge in [-0.25, -0.2) is 4.98 Å². The van der Waals surface area contributed by atoms with Gasteiger partial charge in [-0.15, -0.1) is 0 Å². The Morgan fingerprint density at radius 3 is 2.39 bits per heavy atom. The molecule has 1 aliphatic carbocycles. The van der Waals surface area contributed by atoms with Crippen LogP contribution in [0.25, 0.3) is 0 Å². The molecule has 1 atom stereocenters. The summed E-state index contributed by atoms with van der Waals surface area (Å²) in [5, 5.41) is 4.58. The van der Waals surface area contributed by atoms with Crippen LogP contribution in [0.4, 0.5) is 24.9 Å². The van der Waals surface area contributed by atoms with Crippen LogP contribution in [0.15, 0.2) is 6.20 Å². The fraction of sp³-hybridized carbons (Fsp3) is 0.650. The summed E-state index contributed by atoms with van der Waals surface area (Å²) < 4.78 is 49.4. The molecule has 0 spiro atoms. The summed E-state index contributed by atoms with van der Waals surface area (Å²) in [4.78, 5) is 6.34. The van der Waals surface area contributed by atoms with E-state index in [0.717, 1.165) is 37.7 Å². The lowest BCUT2D eigenvalue weighted by atomic mass is 10.1. The van der Waals surface area contributed by atoms with E-state index in [1.807, 2.05) is 20.8 Å². The molecular formula is C20H31F3N6O2. The molecule has 3 heterocycles. The van der Waals surface area contributed by atoms with E-state index in [4.69, 9.17) is 20.9 Å². The summed E-state index contributed by atoms with van der Waals surface area (Å²) in [6, 6.07) is 0.626. The zero-order valence-corrected chi connectivity index (χ0v) is 18.4. The monoisotopic (exact) mass is 444 g/mol. The van der Waals surface area contributed by atoms with Crippen LogP contribution in [0.1, 0.15) is 56.1 Å². The number of hydrogen-bond donors (Lipinski definition) is 2. The van der Waals surface area contributed by atoms with Gasteiger partial charge in [-0.05, 0) is 33.1 Å². The van der Waals surface area contributed by atoms with Gasteiger partial charge in [-0.3, -0.25) is 4.68 Å². The third-order valence-corrected chi connectivity index (χ3v) is 4.78. The minimum Gasteiger partial charge on any atom is -0.489 e. The van der Waals surface area contributed by atoms with Crippen LogP contribution in [0.5, 0.6) is 5.75 Å². The first-order valence-corrected chi connectivity index (χ1v) is 10.4. The summed E-state index contributed by atoms with van der Waals surface area (Å²) >= 11 is 0. The molecule has 4 rings (SSSR count). The SMILES string of the molecule is CC.Cc1nn(C2CC2)c(C)c1OCC1CCOC1.Nc1ncc(C(F)(F)F)c(N)n1. The highest BCUT2D eigenvalue weighted by molar-refractivity contribution is 5.42. The van der Waals surface area contributed by atoms with Gasteiger partial charge in [0.2, 0.25) is 5.95 Å². The first kappa shape index (κ1) is 24.7. The van der Waals surface area contributed by atoms with Crippen molar-refractivity contribution in [1.29, 1.82) is 0 Å². The lowest BCUT2D eigenvalue weighted by Crippen LogP contribution is -2.12. The van der Waals surface area contributed by atoms with Gasteiger partial charge < -0.3 is 20.9 Å². The Morgan fingerprint density at radius 2 is 1.87 bits per heavy atom. The smallest absolute Gasteiger partial charge is 0.421 e. The molecular weight excluding hydrogens is 413 g/mol. The second-order valence-corrected chi connectivity index (χ2v) is 7.24. The molecule has 2 aliphatic rings. The van der Waals surface area contributed by atoms with Crippen molar-refractivity contribution in [3.05, 3.63) is 23.1 Å². The molecule has 4 N–H and O–H groups in total. The highest BCUT2D eigenvalue weighted by Crippen LogP contribution is 2.38. The van der Waals surface area contributed by atoms with Gasteiger partial charge >= 0.3 is 6.18 Å². The molecule has 0 radical (unpaired) electrons. The molecule has 11 heteroatoms. The number of anilines is 2. The molecule has 174 valence electrons. The van der Waals surface area contributed by atoms with Gasteiger partial charge in [0.15, 0.2) is 5.75 Å². The number of nitrogens with zero attached hydrogens (tertiary/aromatic N) is 4. The van der Waals surface area contributed by atoms with E-state index in [1.54, 1.807) is 0 Å². The molecule has 2 fully saturated rings. The summed E-state index contributed by atoms with van der Waals surface area (Å²) in [7, 11) is 0. The van der Waals surface area contributed by atoms with E-state index < -0.39 is 17.6 Å². The number of hydrogen-bond acceptors (Lipinski definition) is 7. The van der Waals surface area contributed by atoms with Crippen molar-refractivity contribution in [3.8, 4) is 5.75 Å². The van der Waals surface area contributed by atoms with E-state index in [-0.39, 0.29) is 5.95 Å². The molecule has 2 aromatic rings. The fourth-order valence-electron chi connectivity index (χ4n) is 3.08. The predicted octanol–water partition coefficient (Wildman–Crippen LogP) is 3.94. The number of nitrogens with two attached hydrogens (primary N) is 2. The van der Waals surface area contributed by atoms with Crippen LogP contribution in [0, 0.1) is 19.8 Å². The van der Waals surface area contributed by atoms with Crippen molar-refractivity contribution in [2.45, 2.75) is 59.2 Å². The molecule has 0 aromatic carbocycles. The molecule has 31 heavy (non-hydrogen) atoms. The maximum Gasteiger partial charge on any atom is 0.421 e. The summed E-state index contributed by atoms with van der Waals surface area (Å²) in [6.07, 6.45) is -0.333. The maximum atomic E-state index is 12.0. The van der Waals surface area contributed by atoms with Crippen LogP contribution < -0.4 is 16.2 Å². The van der Waals surface area contributed by atoms with E-state index in [2.05, 4.69) is 26.7 Å². The Bertz CT molecular complexity index is 846. The average Bonchev–Trinajstić information content (AvgIpc) is 3.33. The van der Waals surface area contributed by atoms with Crippen molar-refractivity contribution >= 4 is 11.8 Å². The molecule has 0 bridgehead atoms. The van der Waals surface area contributed by atoms with Crippen LogP contribution in [-0.2, 0) is 10.9 Å². The lowest BCUT2D eigenvalue weighted by Gasteiger charge is -2.10. The first-order valence-electron chi connectivity index (χ1n) is 10.4. The van der Waals surface area contributed by atoms with Crippen molar-refractivity contribution in [3.63, 3.8) is 0 Å². The zero-order valence-electron chi connectivity index (χ0n) is 18.4. The maximum absolute atomic E-state index is 12.0. The number of aryl methyl sites for hydroxylation is 1. The normalized spacial score (nSPS) is 18.0. The van der Waals surface area contributed by atoms with E-state index >= 15 is 0 Å². The van der Waals surface area contributed by atoms with Crippen molar-refractivity contribution in [2.24, 2.45) is 5.92 Å². The Morgan fingerprint density at radius 1 is 1.19 bits per heavy atom. The van der Waals surface area contributed by atoms with Gasteiger partial charge in [0.05, 0.1) is 24.9 Å². The van der Waals surface area contributed by atoms with Crippen molar-refractivity contribution in [1.82, 2.24) is 19.7 Å². The van der Waals surface area contributed by atoms with Gasteiger partial charge in [-0.1, -0.05) is 13.8 Å². The number of alkyl halides is 3. The fourth-order valence-corrected chi connectivity index (χ4v) is 3.08. The number of ether oxygens (including phenoxy) is 2. The van der Waals surface area contributed by atoms with Crippen LogP contribution in [0.3, 0.4) is 0 Å². The van der Waals surface area contributed by atoms with Crippen LogP contribution >= 0.6 is 0 Å². The Labute approximate surface area is 180 Å². The molecule has 0 amide bonds. The Hall–Kier alpha value is -2.56. The summed E-state index contributed by atoms with van der Waals surface area (Å²) in [5.41, 5.74) is 11.1. The minimum absolute atomic E-state index is 0.277. The van der Waals surface area contributed by atoms with Gasteiger partial charge in [-0.2, -0.15) is 23.3 Å². The van der Waals surface area contributed by atoms with Gasteiger partial charge in [0.1, 0.15) is 17.1 Å². The standard InChI is InChI=1S/C13H20N2O2.C5H5F3N4.C2H6/c1-9-13(17-8-11-5-6-16-7-11)10(2)15(14-9)12-3-4-12;6-5(7,8)2-1-11-4(10)12-3(2)9;1-2/h11-12H,3-8H2,1-2H3;1H,(H4,9,10,11,12);1-2H3. The first-order chi connectivity index (χ1) is 14.7. The summed E-state index contributed by atoms with van der Waals surface area (Å²) in [5.74, 6) is 0.609. The third-order valence-electron chi connectivity index (χ3n) is 4.78. The molecule has 1 unspecified atom stereocenters. The predicted molar refractivity (Wildman–Crippen MR) is 112 cm³/mol. The Balaban J connectivity index is 0.000000216. The second-order valence-electron chi connectivity index (χ2n) is 7.24. The Kier molecular flexibility index (Phi) is 8.49. The van der Waals surface area contributed by atoms with Crippen LogP contribution in [-0.4, -0.2) is 39.6 Å². The topological polar surface area (TPSA) is 114 Å². The number of nitrogen functional groups attached to an aromatic ring is 2. The van der Waals surface area contributed by atoms with Crippen LogP contribution in [0.2, 0.25) is 0 Å². The molecule has 2 aromatic heterocycles. The highest BCUT2D eigenvalue weighted by Gasteiger charge is 2.34. The second kappa shape index (κ2) is 10.7. The van der Waals surface area contributed by atoms with Crippen molar-refractivity contribution < 1.29 is 22.6 Å². The molecule has 1 saturated heterocycles. The summed E-state index contributed by atoms with van der Waals surface area (Å²) in [6.45, 7) is 10.6. The van der Waals surface area contributed by atoms with E-state index in [0.29, 0.717) is 18.2 Å². The van der Waals surface area contributed by atoms with E-state index in [1.165, 1.54) is 18.5 Å². The minimum atomic E-state index is -4.53. The van der Waals surface area contributed by atoms with Gasteiger partial charge in [0.25, 0.3) is 0 Å².